The zero-order chi connectivity index (χ0) is 20.2. The fraction of sp³-hybridized carbons (Fsp3) is 0.190. The van der Waals surface area contributed by atoms with Gasteiger partial charge >= 0.3 is 0 Å². The number of hydrogen-bond donors (Lipinski definition) is 4. The van der Waals surface area contributed by atoms with Gasteiger partial charge in [0.05, 0.1) is 23.0 Å². The molecule has 2 heterocycles. The molecule has 1 amide bonds. The molecule has 148 valence electrons. The van der Waals surface area contributed by atoms with E-state index in [1.165, 1.54) is 0 Å². The van der Waals surface area contributed by atoms with E-state index in [1.54, 1.807) is 12.3 Å². The summed E-state index contributed by atoms with van der Waals surface area (Å²) in [5.74, 6) is 0.176. The van der Waals surface area contributed by atoms with Crippen LogP contribution in [-0.2, 0) is 17.9 Å². The second-order valence-electron chi connectivity index (χ2n) is 6.74. The van der Waals surface area contributed by atoms with Crippen molar-refractivity contribution in [2.24, 2.45) is 0 Å². The average Bonchev–Trinajstić information content (AvgIpc) is 2.74. The molecule has 1 aromatic heterocycles. The zero-order valence-electron chi connectivity index (χ0n) is 15.5. The van der Waals surface area contributed by atoms with E-state index in [0.29, 0.717) is 29.7 Å². The summed E-state index contributed by atoms with van der Waals surface area (Å²) in [5.41, 5.74) is 4.16. The summed E-state index contributed by atoms with van der Waals surface area (Å²) in [4.78, 5) is 21.4. The lowest BCUT2D eigenvalue weighted by molar-refractivity contribution is -0.124. The molecule has 0 aliphatic carbocycles. The number of aromatic nitrogens is 2. The minimum absolute atomic E-state index is 0.262. The van der Waals surface area contributed by atoms with Crippen LogP contribution in [0.1, 0.15) is 11.1 Å². The van der Waals surface area contributed by atoms with Crippen LogP contribution in [-0.4, -0.2) is 33.6 Å². The molecule has 2 aromatic carbocycles. The number of benzene rings is 2. The number of carbonyl (C=O) groups is 1. The van der Waals surface area contributed by atoms with E-state index in [9.17, 15) is 9.90 Å². The summed E-state index contributed by atoms with van der Waals surface area (Å²) >= 11 is 6.33. The van der Waals surface area contributed by atoms with Gasteiger partial charge in [-0.15, -0.1) is 0 Å². The van der Waals surface area contributed by atoms with Crippen LogP contribution in [0, 0.1) is 0 Å². The molecule has 0 fully saturated rings. The van der Waals surface area contributed by atoms with Gasteiger partial charge in [0.25, 0.3) is 0 Å². The quantitative estimate of drug-likeness (QED) is 0.493. The molecule has 8 heteroatoms. The SMILES string of the molecule is O=C1NCc2cccc(c2)-c2ccnc(n2)Nc2cc(ccc2Cl)CN[C@H]1CO. The third-order valence-corrected chi connectivity index (χ3v) is 5.00. The van der Waals surface area contributed by atoms with E-state index in [-0.39, 0.29) is 12.5 Å². The number of hydrogen-bond acceptors (Lipinski definition) is 6. The van der Waals surface area contributed by atoms with Crippen LogP contribution in [0.5, 0.6) is 0 Å². The molecule has 0 radical (unpaired) electrons. The number of anilines is 2. The average molecular weight is 410 g/mol. The van der Waals surface area contributed by atoms with Gasteiger partial charge in [-0.25, -0.2) is 9.97 Å². The van der Waals surface area contributed by atoms with Gasteiger partial charge in [0.2, 0.25) is 11.9 Å². The smallest absolute Gasteiger partial charge is 0.239 e. The Balaban J connectivity index is 1.75. The highest BCUT2D eigenvalue weighted by molar-refractivity contribution is 6.33. The van der Waals surface area contributed by atoms with Gasteiger partial charge in [-0.1, -0.05) is 35.9 Å². The lowest BCUT2D eigenvalue weighted by Gasteiger charge is -2.17. The minimum Gasteiger partial charge on any atom is -0.394 e. The van der Waals surface area contributed by atoms with Gasteiger partial charge in [-0.3, -0.25) is 10.1 Å². The number of carbonyl (C=O) groups excluding carboxylic acids is 1. The normalized spacial score (nSPS) is 16.6. The van der Waals surface area contributed by atoms with Gasteiger partial charge < -0.3 is 15.7 Å². The first-order valence-electron chi connectivity index (χ1n) is 9.22. The van der Waals surface area contributed by atoms with E-state index in [0.717, 1.165) is 22.4 Å². The Labute approximate surface area is 173 Å². The van der Waals surface area contributed by atoms with E-state index in [1.807, 2.05) is 42.5 Å². The summed E-state index contributed by atoms with van der Waals surface area (Å²) < 4.78 is 0. The van der Waals surface area contributed by atoms with Crippen molar-refractivity contribution in [2.45, 2.75) is 19.1 Å². The minimum atomic E-state index is -0.714. The van der Waals surface area contributed by atoms with Crippen molar-refractivity contribution in [1.29, 1.82) is 0 Å². The highest BCUT2D eigenvalue weighted by Crippen LogP contribution is 2.27. The Bertz CT molecular complexity index is 1040. The first-order chi connectivity index (χ1) is 14.1. The summed E-state index contributed by atoms with van der Waals surface area (Å²) in [7, 11) is 0. The molecular formula is C21H20ClN5O2. The van der Waals surface area contributed by atoms with Gasteiger partial charge in [0, 0.05) is 24.8 Å². The van der Waals surface area contributed by atoms with Crippen LogP contribution in [0.25, 0.3) is 11.3 Å². The Hall–Kier alpha value is -3.00. The van der Waals surface area contributed by atoms with Crippen molar-refractivity contribution >= 4 is 29.1 Å². The molecule has 0 saturated carbocycles. The molecule has 3 aromatic rings. The Morgan fingerprint density at radius 1 is 1.10 bits per heavy atom. The number of amides is 1. The molecule has 4 N–H and O–H groups in total. The van der Waals surface area contributed by atoms with Crippen molar-refractivity contribution in [1.82, 2.24) is 20.6 Å². The molecule has 0 unspecified atom stereocenters. The Kier molecular flexibility index (Phi) is 5.71. The molecule has 1 atom stereocenters. The molecule has 6 bridgehead atoms. The van der Waals surface area contributed by atoms with Crippen LogP contribution in [0.4, 0.5) is 11.6 Å². The van der Waals surface area contributed by atoms with Crippen molar-refractivity contribution in [3.63, 3.8) is 0 Å². The summed E-state index contributed by atoms with van der Waals surface area (Å²) in [5, 5.41) is 19.3. The maximum absolute atomic E-state index is 12.5. The largest absolute Gasteiger partial charge is 0.394 e. The van der Waals surface area contributed by atoms with Crippen LogP contribution >= 0.6 is 11.6 Å². The fourth-order valence-electron chi connectivity index (χ4n) is 3.11. The third-order valence-electron chi connectivity index (χ3n) is 4.67. The maximum Gasteiger partial charge on any atom is 0.239 e. The second-order valence-corrected chi connectivity index (χ2v) is 7.15. The second kappa shape index (κ2) is 8.57. The summed E-state index contributed by atoms with van der Waals surface area (Å²) in [6.45, 7) is 0.440. The topological polar surface area (TPSA) is 99.2 Å². The number of nitrogens with one attached hydrogen (secondary N) is 3. The Morgan fingerprint density at radius 3 is 2.83 bits per heavy atom. The highest BCUT2D eigenvalue weighted by atomic mass is 35.5. The fourth-order valence-corrected chi connectivity index (χ4v) is 3.28. The first-order valence-corrected chi connectivity index (χ1v) is 9.60. The number of halogens is 1. The molecule has 7 nitrogen and oxygen atoms in total. The number of aliphatic hydroxyl groups is 1. The number of rotatable bonds is 1. The van der Waals surface area contributed by atoms with Crippen LogP contribution in [0.2, 0.25) is 5.02 Å². The molecule has 0 saturated heterocycles. The van der Waals surface area contributed by atoms with Crippen molar-refractivity contribution in [3.05, 3.63) is 70.9 Å². The van der Waals surface area contributed by atoms with Crippen LogP contribution in [0.3, 0.4) is 0 Å². The van der Waals surface area contributed by atoms with Gasteiger partial charge in [-0.2, -0.15) is 0 Å². The lowest BCUT2D eigenvalue weighted by Crippen LogP contribution is -2.46. The molecule has 1 aliphatic heterocycles. The lowest BCUT2D eigenvalue weighted by atomic mass is 10.1. The van der Waals surface area contributed by atoms with Crippen molar-refractivity contribution in [2.75, 3.05) is 11.9 Å². The van der Waals surface area contributed by atoms with Gasteiger partial charge in [0.15, 0.2) is 0 Å². The van der Waals surface area contributed by atoms with E-state index >= 15 is 0 Å². The van der Waals surface area contributed by atoms with E-state index < -0.39 is 6.04 Å². The van der Waals surface area contributed by atoms with Crippen LogP contribution in [0.15, 0.2) is 54.7 Å². The number of fused-ring (bicyclic) bond motifs is 7. The van der Waals surface area contributed by atoms with E-state index in [2.05, 4.69) is 25.9 Å². The molecular weight excluding hydrogens is 390 g/mol. The summed E-state index contributed by atoms with van der Waals surface area (Å²) in [6, 6.07) is 14.4. The van der Waals surface area contributed by atoms with Gasteiger partial charge in [0.1, 0.15) is 6.04 Å². The molecule has 4 rings (SSSR count). The number of nitrogens with zero attached hydrogens (tertiary/aromatic N) is 2. The molecule has 1 aliphatic rings. The molecule has 29 heavy (non-hydrogen) atoms. The summed E-state index contributed by atoms with van der Waals surface area (Å²) in [6.07, 6.45) is 1.69. The van der Waals surface area contributed by atoms with Crippen LogP contribution < -0.4 is 16.0 Å². The predicted octanol–water partition coefficient (Wildman–Crippen LogP) is 2.62. The Morgan fingerprint density at radius 2 is 1.97 bits per heavy atom. The zero-order valence-corrected chi connectivity index (χ0v) is 16.3. The molecule has 0 spiro atoms. The monoisotopic (exact) mass is 409 g/mol. The maximum atomic E-state index is 12.5. The van der Waals surface area contributed by atoms with Crippen molar-refractivity contribution < 1.29 is 9.90 Å². The van der Waals surface area contributed by atoms with E-state index in [4.69, 9.17) is 11.6 Å². The third kappa shape index (κ3) is 4.54. The highest BCUT2D eigenvalue weighted by Gasteiger charge is 2.17. The first kappa shape index (κ1) is 19.3. The number of aliphatic hydroxyl groups excluding tert-OH is 1. The van der Waals surface area contributed by atoms with Gasteiger partial charge in [-0.05, 0) is 35.4 Å². The predicted molar refractivity (Wildman–Crippen MR) is 112 cm³/mol. The standard InChI is InChI=1S/C21H20ClN5O2/c22-16-5-4-14-9-18(16)27-21-23-7-6-17(26-21)15-3-1-2-13(8-15)11-25-20(29)19(12-28)24-10-14/h1-9,19,24,28H,10-12H2,(H,25,29)(H,23,26,27)/t19-/m0/s1. The van der Waals surface area contributed by atoms with Crippen molar-refractivity contribution in [3.8, 4) is 11.3 Å².